The van der Waals surface area contributed by atoms with Gasteiger partial charge in [0.25, 0.3) is 0 Å². The van der Waals surface area contributed by atoms with E-state index in [1.807, 2.05) is 43.3 Å². The molecular formula is C23H27N3O4. The van der Waals surface area contributed by atoms with Gasteiger partial charge >= 0.3 is 6.09 Å². The largest absolute Gasteiger partial charge is 0.444 e. The van der Waals surface area contributed by atoms with Gasteiger partial charge in [0.15, 0.2) is 0 Å². The van der Waals surface area contributed by atoms with Crippen molar-refractivity contribution in [2.45, 2.75) is 32.3 Å². The van der Waals surface area contributed by atoms with E-state index in [2.05, 4.69) is 10.2 Å². The van der Waals surface area contributed by atoms with E-state index < -0.39 is 0 Å². The maximum atomic E-state index is 12.6. The summed E-state index contributed by atoms with van der Waals surface area (Å²) in [6.45, 7) is 5.72. The fourth-order valence-corrected chi connectivity index (χ4v) is 4.95. The molecule has 158 valence electrons. The number of furan rings is 1. The first kappa shape index (κ1) is 19.2. The molecule has 4 aliphatic heterocycles. The van der Waals surface area contributed by atoms with Crippen molar-refractivity contribution in [1.82, 2.24) is 4.90 Å². The van der Waals surface area contributed by atoms with E-state index in [-0.39, 0.29) is 18.1 Å². The van der Waals surface area contributed by atoms with Crippen LogP contribution in [0.4, 0.5) is 16.4 Å². The van der Waals surface area contributed by atoms with Crippen molar-refractivity contribution in [1.29, 1.82) is 0 Å². The fourth-order valence-electron chi connectivity index (χ4n) is 4.95. The molecule has 6 rings (SSSR count). The van der Waals surface area contributed by atoms with Crippen molar-refractivity contribution in [3.05, 3.63) is 36.4 Å². The third-order valence-electron chi connectivity index (χ3n) is 6.63. The molecule has 0 radical (unpaired) electrons. The Morgan fingerprint density at radius 2 is 2.00 bits per heavy atom. The van der Waals surface area contributed by atoms with E-state index in [1.54, 1.807) is 4.90 Å². The quantitative estimate of drug-likeness (QED) is 0.809. The molecule has 0 saturated carbocycles. The topological polar surface area (TPSA) is 75.0 Å². The standard InChI is InChI=1S/C23H27N3O4/c1-2-21(27)24-17-5-3-4-16(12-17)19-6-7-22(29-19)26-14-20(30-23(26)28)18-13-25-10-8-15(18)9-11-25/h3-7,12,15,18,20H,2,8-11,13-14H2,1H3,(H,24,27)/t18?,20-/m0/s1. The molecule has 5 heterocycles. The van der Waals surface area contributed by atoms with Crippen LogP contribution in [0.2, 0.25) is 0 Å². The van der Waals surface area contributed by atoms with Crippen LogP contribution in [0, 0.1) is 11.8 Å². The van der Waals surface area contributed by atoms with Crippen molar-refractivity contribution in [3.63, 3.8) is 0 Å². The number of fused-ring (bicyclic) bond motifs is 3. The number of amides is 2. The lowest BCUT2D eigenvalue weighted by Crippen LogP contribution is -2.52. The highest BCUT2D eigenvalue weighted by molar-refractivity contribution is 5.91. The molecule has 7 nitrogen and oxygen atoms in total. The Morgan fingerprint density at radius 1 is 1.17 bits per heavy atom. The van der Waals surface area contributed by atoms with Gasteiger partial charge in [0.1, 0.15) is 11.9 Å². The Bertz CT molecular complexity index is 947. The number of carbonyl (C=O) groups excluding carboxylic acids is 2. The zero-order valence-electron chi connectivity index (χ0n) is 17.2. The van der Waals surface area contributed by atoms with Gasteiger partial charge < -0.3 is 19.4 Å². The minimum atomic E-state index is -0.332. The second-order valence-electron chi connectivity index (χ2n) is 8.46. The SMILES string of the molecule is CCC(=O)Nc1cccc(-c2ccc(N3C[C@@H](C4CN5CCC4CC5)OC3=O)o2)c1. The van der Waals surface area contributed by atoms with Crippen LogP contribution >= 0.6 is 0 Å². The van der Waals surface area contributed by atoms with Crippen LogP contribution in [-0.4, -0.2) is 49.2 Å². The van der Waals surface area contributed by atoms with Crippen LogP contribution in [0.25, 0.3) is 11.3 Å². The highest BCUT2D eigenvalue weighted by atomic mass is 16.6. The average Bonchev–Trinajstić information content (AvgIpc) is 3.41. The van der Waals surface area contributed by atoms with Gasteiger partial charge in [0, 0.05) is 36.2 Å². The molecule has 4 saturated heterocycles. The summed E-state index contributed by atoms with van der Waals surface area (Å²) in [5.41, 5.74) is 1.57. The third-order valence-corrected chi connectivity index (χ3v) is 6.63. The normalized spacial score (nSPS) is 27.9. The van der Waals surface area contributed by atoms with Gasteiger partial charge in [0.05, 0.1) is 6.54 Å². The molecule has 1 aromatic heterocycles. The molecule has 1 N–H and O–H groups in total. The molecule has 1 unspecified atom stereocenters. The van der Waals surface area contributed by atoms with Crippen LogP contribution in [0.5, 0.6) is 0 Å². The van der Waals surface area contributed by atoms with E-state index >= 15 is 0 Å². The third kappa shape index (κ3) is 3.58. The van der Waals surface area contributed by atoms with Crippen molar-refractivity contribution < 1.29 is 18.7 Å². The van der Waals surface area contributed by atoms with Gasteiger partial charge in [-0.15, -0.1) is 0 Å². The monoisotopic (exact) mass is 409 g/mol. The summed E-state index contributed by atoms with van der Waals surface area (Å²) in [4.78, 5) is 28.3. The molecule has 2 atom stereocenters. The molecule has 4 aliphatic rings. The summed E-state index contributed by atoms with van der Waals surface area (Å²) < 4.78 is 11.8. The van der Waals surface area contributed by atoms with Crippen LogP contribution in [-0.2, 0) is 9.53 Å². The Labute approximate surface area is 176 Å². The predicted octanol–water partition coefficient (Wildman–Crippen LogP) is 3.96. The van der Waals surface area contributed by atoms with Crippen molar-refractivity contribution in [2.75, 3.05) is 36.4 Å². The number of hydrogen-bond donors (Lipinski definition) is 1. The van der Waals surface area contributed by atoms with Gasteiger partial charge in [-0.2, -0.15) is 0 Å². The van der Waals surface area contributed by atoms with E-state index in [4.69, 9.17) is 9.15 Å². The highest BCUT2D eigenvalue weighted by Gasteiger charge is 2.45. The number of nitrogens with zero attached hydrogens (tertiary/aromatic N) is 2. The minimum absolute atomic E-state index is 0.0362. The zero-order chi connectivity index (χ0) is 20.7. The summed E-state index contributed by atoms with van der Waals surface area (Å²) in [5, 5.41) is 2.86. The number of nitrogens with one attached hydrogen (secondary N) is 1. The number of ether oxygens (including phenoxy) is 1. The lowest BCUT2D eigenvalue weighted by atomic mass is 9.76. The number of cyclic esters (lactones) is 1. The maximum absolute atomic E-state index is 12.6. The van der Waals surface area contributed by atoms with Crippen molar-refractivity contribution in [3.8, 4) is 11.3 Å². The van der Waals surface area contributed by atoms with Gasteiger partial charge in [-0.25, -0.2) is 9.69 Å². The first-order valence-corrected chi connectivity index (χ1v) is 10.8. The van der Waals surface area contributed by atoms with E-state index in [1.165, 1.54) is 25.9 Å². The van der Waals surface area contributed by atoms with E-state index in [0.717, 1.165) is 17.8 Å². The van der Waals surface area contributed by atoms with E-state index in [0.29, 0.717) is 36.4 Å². The summed E-state index contributed by atoms with van der Waals surface area (Å²) in [7, 11) is 0. The van der Waals surface area contributed by atoms with Crippen LogP contribution in [0.1, 0.15) is 26.2 Å². The molecule has 2 amide bonds. The smallest absolute Gasteiger partial charge is 0.417 e. The number of carbonyl (C=O) groups is 2. The Balaban J connectivity index is 1.30. The first-order chi connectivity index (χ1) is 14.6. The van der Waals surface area contributed by atoms with Gasteiger partial charge in [-0.05, 0) is 50.0 Å². The summed E-state index contributed by atoms with van der Waals surface area (Å²) in [6, 6.07) is 11.2. The number of benzene rings is 1. The van der Waals surface area contributed by atoms with Gasteiger partial charge in [-0.1, -0.05) is 19.1 Å². The lowest BCUT2D eigenvalue weighted by molar-refractivity contribution is -0.115. The second-order valence-corrected chi connectivity index (χ2v) is 8.46. The molecule has 2 aromatic rings. The first-order valence-electron chi connectivity index (χ1n) is 10.8. The lowest BCUT2D eigenvalue weighted by Gasteiger charge is -2.46. The maximum Gasteiger partial charge on any atom is 0.417 e. The van der Waals surface area contributed by atoms with Gasteiger partial charge in [-0.3, -0.25) is 4.79 Å². The summed E-state index contributed by atoms with van der Waals surface area (Å²) >= 11 is 0. The van der Waals surface area contributed by atoms with Crippen LogP contribution in [0.3, 0.4) is 0 Å². The minimum Gasteiger partial charge on any atom is -0.444 e. The van der Waals surface area contributed by atoms with Gasteiger partial charge in [0.2, 0.25) is 11.8 Å². The molecule has 30 heavy (non-hydrogen) atoms. The fraction of sp³-hybridized carbons (Fsp3) is 0.478. The molecule has 4 fully saturated rings. The number of hydrogen-bond acceptors (Lipinski definition) is 5. The van der Waals surface area contributed by atoms with Crippen LogP contribution in [0.15, 0.2) is 40.8 Å². The van der Waals surface area contributed by atoms with Crippen LogP contribution < -0.4 is 10.2 Å². The Morgan fingerprint density at radius 3 is 2.73 bits per heavy atom. The summed E-state index contributed by atoms with van der Waals surface area (Å²) in [6.07, 6.45) is 2.42. The van der Waals surface area contributed by atoms with Crippen molar-refractivity contribution >= 4 is 23.6 Å². The molecular weight excluding hydrogens is 382 g/mol. The Hall–Kier alpha value is -2.80. The predicted molar refractivity (Wildman–Crippen MR) is 113 cm³/mol. The summed E-state index contributed by atoms with van der Waals surface area (Å²) in [5.74, 6) is 2.18. The molecule has 0 spiro atoms. The number of piperidine rings is 3. The Kier molecular flexibility index (Phi) is 4.98. The molecule has 7 heteroatoms. The highest BCUT2D eigenvalue weighted by Crippen LogP contribution is 2.39. The number of rotatable bonds is 5. The number of anilines is 2. The molecule has 1 aromatic carbocycles. The zero-order valence-corrected chi connectivity index (χ0v) is 17.2. The second kappa shape index (κ2) is 7.80. The molecule has 2 bridgehead atoms. The van der Waals surface area contributed by atoms with Crippen molar-refractivity contribution in [2.24, 2.45) is 11.8 Å². The van der Waals surface area contributed by atoms with E-state index in [9.17, 15) is 9.59 Å². The molecule has 0 aliphatic carbocycles. The average molecular weight is 409 g/mol.